The number of Topliss-reactive ketones (excluding diaryl/α,β-unsaturated/α-hetero) is 1. The van der Waals surface area contributed by atoms with Gasteiger partial charge >= 0.3 is 13.0 Å². The second-order valence-corrected chi connectivity index (χ2v) is 12.1. The minimum Gasteiger partial charge on any atom is -0.461 e. The van der Waals surface area contributed by atoms with E-state index in [-0.39, 0.29) is 68.5 Å². The summed E-state index contributed by atoms with van der Waals surface area (Å²) < 4.78 is 7.54. The maximum Gasteiger partial charge on any atom is 0.374 e. The van der Waals surface area contributed by atoms with E-state index in [9.17, 15) is 24.2 Å². The van der Waals surface area contributed by atoms with Gasteiger partial charge in [0.15, 0.2) is 0 Å². The van der Waals surface area contributed by atoms with E-state index < -0.39 is 25.0 Å². The second kappa shape index (κ2) is 15.0. The van der Waals surface area contributed by atoms with E-state index in [0.717, 1.165) is 17.8 Å². The van der Waals surface area contributed by atoms with Gasteiger partial charge in [0.2, 0.25) is 5.91 Å². The standard InChI is InChI=1S/C30H41BN5O6.Y/c1-5-23(35-31(4)41)29(40)33-17-27(38)42-20-9-6-18(7-10-20)34-24-14-19(8-11-21(24)28(32)39)36-13-12-22-25(36)15-30(2,3)16-26(22)37;/h8,11,13-14,18,20,23,34-35,41H,5-7,9-10,15-17H2,1-4H3,(H2,32,39)(H,33,40);/q-1;. The van der Waals surface area contributed by atoms with Gasteiger partial charge in [-0.05, 0) is 69.0 Å². The van der Waals surface area contributed by atoms with Crippen molar-refractivity contribution in [3.63, 3.8) is 0 Å². The van der Waals surface area contributed by atoms with Crippen molar-refractivity contribution in [2.45, 2.75) is 90.7 Å². The number of primary amides is 1. The van der Waals surface area contributed by atoms with Crippen LogP contribution >= 0.6 is 0 Å². The third-order valence-electron chi connectivity index (χ3n) is 7.93. The minimum atomic E-state index is -0.839. The number of carbonyl (C=O) groups is 4. The van der Waals surface area contributed by atoms with E-state index in [2.05, 4.69) is 35.8 Å². The van der Waals surface area contributed by atoms with E-state index >= 15 is 0 Å². The number of anilines is 1. The van der Waals surface area contributed by atoms with Gasteiger partial charge in [0, 0.05) is 50.1 Å². The first kappa shape index (κ1) is 35.0. The van der Waals surface area contributed by atoms with Crippen LogP contribution in [-0.4, -0.2) is 64.9 Å². The van der Waals surface area contributed by atoms with E-state index in [1.54, 1.807) is 12.3 Å². The van der Waals surface area contributed by atoms with Gasteiger partial charge in [0.05, 0.1) is 17.4 Å². The summed E-state index contributed by atoms with van der Waals surface area (Å²) in [4.78, 5) is 49.5. The largest absolute Gasteiger partial charge is 0.461 e. The number of nitrogens with zero attached hydrogens (tertiary/aromatic N) is 1. The van der Waals surface area contributed by atoms with Crippen LogP contribution in [0.25, 0.3) is 5.69 Å². The molecule has 2 amide bonds. The van der Waals surface area contributed by atoms with E-state index in [1.807, 2.05) is 23.6 Å². The van der Waals surface area contributed by atoms with E-state index in [4.69, 9.17) is 10.5 Å². The molecule has 2 aliphatic rings. The van der Waals surface area contributed by atoms with Crippen LogP contribution in [0.3, 0.4) is 0 Å². The van der Waals surface area contributed by atoms with Crippen molar-refractivity contribution in [1.29, 1.82) is 0 Å². The zero-order valence-corrected chi connectivity index (χ0v) is 28.2. The molecular formula is C30H41BN5O6Y-. The molecule has 2 aliphatic carbocycles. The van der Waals surface area contributed by atoms with Crippen molar-refractivity contribution in [1.82, 2.24) is 15.1 Å². The zero-order valence-electron chi connectivity index (χ0n) is 25.4. The number of hydrogen-bond donors (Lipinski definition) is 5. The maximum absolute atomic E-state index is 12.7. The Balaban J connectivity index is 0.00000506. The van der Waals surface area contributed by atoms with Crippen LogP contribution in [0.5, 0.6) is 0 Å². The molecule has 1 unspecified atom stereocenters. The number of ether oxygens (including phenoxy) is 1. The number of esters is 1. The Morgan fingerprint density at radius 2 is 1.91 bits per heavy atom. The number of amides is 2. The molecule has 2 aromatic rings. The van der Waals surface area contributed by atoms with E-state index in [1.165, 1.54) is 6.82 Å². The Bertz CT molecular complexity index is 1340. The Hall–Kier alpha value is -2.53. The molecule has 1 fully saturated rings. The summed E-state index contributed by atoms with van der Waals surface area (Å²) in [6.45, 7) is 7.25. The van der Waals surface area contributed by atoms with Gasteiger partial charge in [-0.15, -0.1) is 5.56 Å². The third-order valence-corrected chi connectivity index (χ3v) is 7.93. The quantitative estimate of drug-likeness (QED) is 0.139. The van der Waals surface area contributed by atoms with Crippen molar-refractivity contribution >= 4 is 36.3 Å². The molecule has 0 aliphatic heterocycles. The smallest absolute Gasteiger partial charge is 0.374 e. The van der Waals surface area contributed by atoms with Crippen molar-refractivity contribution in [3.8, 4) is 5.69 Å². The summed E-state index contributed by atoms with van der Waals surface area (Å²) >= 11 is 0. The first-order valence-corrected chi connectivity index (χ1v) is 14.6. The van der Waals surface area contributed by atoms with Gasteiger partial charge < -0.3 is 40.7 Å². The van der Waals surface area contributed by atoms with Crippen LogP contribution in [0, 0.1) is 11.5 Å². The molecule has 1 heterocycles. The van der Waals surface area contributed by atoms with Gasteiger partial charge in [0.1, 0.15) is 12.6 Å². The van der Waals surface area contributed by atoms with Crippen LogP contribution in [0.2, 0.25) is 6.82 Å². The van der Waals surface area contributed by atoms with Crippen LogP contribution < -0.4 is 21.6 Å². The second-order valence-electron chi connectivity index (χ2n) is 12.1. The fourth-order valence-electron chi connectivity index (χ4n) is 5.84. The van der Waals surface area contributed by atoms with E-state index in [0.29, 0.717) is 55.3 Å². The summed E-state index contributed by atoms with van der Waals surface area (Å²) in [5.74, 6) is -1.33. The SMILES string of the molecule is CCC(NB(C)O)C(=O)NCC(=O)OC1CCC(Nc2cc(-n3c[c-]c4c3CC(C)(C)CC4=O)ccc2C(N)=O)CC1.[Y]. The van der Waals surface area contributed by atoms with Crippen molar-refractivity contribution in [2.75, 3.05) is 11.9 Å². The number of fused-ring (bicyclic) bond motifs is 1. The molecule has 43 heavy (non-hydrogen) atoms. The first-order valence-electron chi connectivity index (χ1n) is 14.6. The van der Waals surface area contributed by atoms with Crippen molar-refractivity contribution in [2.24, 2.45) is 11.1 Å². The van der Waals surface area contributed by atoms with Crippen LogP contribution in [0.1, 0.15) is 85.7 Å². The molecule has 13 heteroatoms. The molecule has 0 saturated heterocycles. The van der Waals surface area contributed by atoms with Gasteiger partial charge in [-0.2, -0.15) is 6.07 Å². The number of nitrogens with one attached hydrogen (secondary N) is 3. The van der Waals surface area contributed by atoms with Gasteiger partial charge in [-0.3, -0.25) is 14.4 Å². The molecule has 11 nitrogen and oxygen atoms in total. The van der Waals surface area contributed by atoms with Gasteiger partial charge in [-0.1, -0.05) is 39.1 Å². The monoisotopic (exact) mass is 667 g/mol. The molecule has 0 bridgehead atoms. The number of aromatic nitrogens is 1. The average Bonchev–Trinajstić information content (AvgIpc) is 3.34. The molecule has 1 saturated carbocycles. The minimum absolute atomic E-state index is 0. The van der Waals surface area contributed by atoms with Crippen LogP contribution in [0.15, 0.2) is 24.4 Å². The Labute approximate surface area is 278 Å². The molecule has 4 rings (SSSR count). The fraction of sp³-hybridized carbons (Fsp3) is 0.533. The predicted octanol–water partition coefficient (Wildman–Crippen LogP) is 2.39. The van der Waals surface area contributed by atoms with Gasteiger partial charge in [0.25, 0.3) is 5.91 Å². The summed E-state index contributed by atoms with van der Waals surface area (Å²) in [5.41, 5.74) is 8.88. The van der Waals surface area contributed by atoms with Crippen LogP contribution in [0.4, 0.5) is 5.69 Å². The molecule has 1 aromatic carbocycles. The number of hydrogen-bond acceptors (Lipinski definition) is 8. The molecule has 6 N–H and O–H groups in total. The Morgan fingerprint density at radius 3 is 2.53 bits per heavy atom. The third kappa shape index (κ3) is 9.00. The molecule has 0 spiro atoms. The number of nitrogens with two attached hydrogens (primary N) is 1. The zero-order chi connectivity index (χ0) is 30.6. The number of ketones is 1. The Morgan fingerprint density at radius 1 is 1.21 bits per heavy atom. The van der Waals surface area contributed by atoms with Crippen molar-refractivity contribution < 1.29 is 61.6 Å². The predicted molar refractivity (Wildman–Crippen MR) is 159 cm³/mol. The molecule has 1 radical (unpaired) electrons. The maximum atomic E-state index is 12.7. The topological polar surface area (TPSA) is 165 Å². The molecule has 229 valence electrons. The number of carbonyl (C=O) groups excluding carboxylic acids is 4. The first-order chi connectivity index (χ1) is 19.9. The normalized spacial score (nSPS) is 19.8. The Kier molecular flexibility index (Phi) is 12.2. The molecule has 1 aromatic heterocycles. The summed E-state index contributed by atoms with van der Waals surface area (Å²) in [5, 5.41) is 18.2. The summed E-state index contributed by atoms with van der Waals surface area (Å²) in [6.07, 6.45) is 5.87. The average molecular weight is 667 g/mol. The molecular weight excluding hydrogens is 626 g/mol. The van der Waals surface area contributed by atoms with Crippen LogP contribution in [-0.2, 0) is 53.5 Å². The van der Waals surface area contributed by atoms with Gasteiger partial charge in [-0.25, -0.2) is 0 Å². The summed E-state index contributed by atoms with van der Waals surface area (Å²) in [6, 6.07) is 7.97. The van der Waals surface area contributed by atoms with Crippen molar-refractivity contribution in [3.05, 3.63) is 47.3 Å². The fourth-order valence-corrected chi connectivity index (χ4v) is 5.84. The number of rotatable bonds is 11. The number of benzene rings is 1. The molecule has 1 atom stereocenters. The summed E-state index contributed by atoms with van der Waals surface area (Å²) in [7, 11) is -0.839.